The summed E-state index contributed by atoms with van der Waals surface area (Å²) >= 11 is 0. The Labute approximate surface area is 114 Å². The van der Waals surface area contributed by atoms with Gasteiger partial charge >= 0.3 is 5.97 Å². The molecule has 0 aromatic heterocycles. The van der Waals surface area contributed by atoms with E-state index in [4.69, 9.17) is 9.84 Å². The Balaban J connectivity index is 2.13. The number of hydrogen-bond donors (Lipinski definition) is 1. The molecule has 0 spiro atoms. The van der Waals surface area contributed by atoms with Gasteiger partial charge in [-0.2, -0.15) is 0 Å². The second-order valence-electron chi connectivity index (χ2n) is 5.21. The van der Waals surface area contributed by atoms with E-state index in [1.807, 2.05) is 19.1 Å². The van der Waals surface area contributed by atoms with Gasteiger partial charge in [0.15, 0.2) is 0 Å². The summed E-state index contributed by atoms with van der Waals surface area (Å²) in [6.45, 7) is 4.66. The highest BCUT2D eigenvalue weighted by molar-refractivity contribution is 5.89. The number of carboxylic acid groups (broad SMARTS) is 1. The molecule has 1 aromatic carbocycles. The minimum absolute atomic E-state index is 0.384. The lowest BCUT2D eigenvalue weighted by Crippen LogP contribution is -2.37. The number of anilines is 1. The molecular weight excluding hydrogens is 242 g/mol. The summed E-state index contributed by atoms with van der Waals surface area (Å²) in [4.78, 5) is 13.3. The number of methoxy groups -OCH3 is 1. The van der Waals surface area contributed by atoms with Gasteiger partial charge in [0.05, 0.1) is 12.2 Å². The Morgan fingerprint density at radius 2 is 2.32 bits per heavy atom. The molecule has 1 N–H and O–H groups in total. The number of nitrogens with zero attached hydrogens (tertiary/aromatic N) is 1. The number of benzene rings is 1. The highest BCUT2D eigenvalue weighted by Crippen LogP contribution is 2.25. The second-order valence-corrected chi connectivity index (χ2v) is 5.21. The van der Waals surface area contributed by atoms with E-state index in [1.54, 1.807) is 13.2 Å². The minimum Gasteiger partial charge on any atom is -0.478 e. The third-order valence-corrected chi connectivity index (χ3v) is 3.73. The molecular formula is C15H21NO3. The summed E-state index contributed by atoms with van der Waals surface area (Å²) in [5.74, 6) is -0.293. The predicted octanol–water partition coefficient (Wildman–Crippen LogP) is 2.56. The van der Waals surface area contributed by atoms with E-state index in [-0.39, 0.29) is 0 Å². The molecule has 1 aromatic rings. The summed E-state index contributed by atoms with van der Waals surface area (Å²) in [5, 5.41) is 9.05. The van der Waals surface area contributed by atoms with Gasteiger partial charge in [0.1, 0.15) is 0 Å². The molecule has 0 radical (unpaired) electrons. The molecule has 19 heavy (non-hydrogen) atoms. The van der Waals surface area contributed by atoms with Crippen LogP contribution in [0.4, 0.5) is 5.69 Å². The number of aryl methyl sites for hydroxylation is 1. The second kappa shape index (κ2) is 6.06. The van der Waals surface area contributed by atoms with Gasteiger partial charge in [-0.25, -0.2) is 4.79 Å². The molecule has 1 fully saturated rings. The molecule has 4 nitrogen and oxygen atoms in total. The minimum atomic E-state index is -0.861. The lowest BCUT2D eigenvalue weighted by molar-refractivity contribution is 0.0696. The molecule has 0 bridgehead atoms. The van der Waals surface area contributed by atoms with Crippen LogP contribution in [0.1, 0.15) is 28.8 Å². The topological polar surface area (TPSA) is 49.8 Å². The smallest absolute Gasteiger partial charge is 0.335 e. The highest BCUT2D eigenvalue weighted by atomic mass is 16.5. The molecule has 1 atom stereocenters. The van der Waals surface area contributed by atoms with Gasteiger partial charge in [0.2, 0.25) is 0 Å². The fourth-order valence-corrected chi connectivity index (χ4v) is 2.76. The molecule has 4 heteroatoms. The number of carbonyl (C=O) groups is 1. The van der Waals surface area contributed by atoms with Crippen molar-refractivity contribution in [3.05, 3.63) is 29.3 Å². The van der Waals surface area contributed by atoms with Gasteiger partial charge in [-0.3, -0.25) is 0 Å². The normalized spacial score (nSPS) is 19.5. The maximum Gasteiger partial charge on any atom is 0.335 e. The van der Waals surface area contributed by atoms with Crippen LogP contribution in [-0.4, -0.2) is 37.9 Å². The Morgan fingerprint density at radius 3 is 2.95 bits per heavy atom. The number of aromatic carboxylic acids is 1. The van der Waals surface area contributed by atoms with E-state index in [9.17, 15) is 4.79 Å². The van der Waals surface area contributed by atoms with Crippen molar-refractivity contribution < 1.29 is 14.6 Å². The molecule has 0 saturated carbocycles. The van der Waals surface area contributed by atoms with E-state index in [0.717, 1.165) is 37.4 Å². The van der Waals surface area contributed by atoms with Crippen LogP contribution >= 0.6 is 0 Å². The summed E-state index contributed by atoms with van der Waals surface area (Å²) < 4.78 is 5.24. The number of ether oxygens (including phenoxy) is 1. The standard InChI is InChI=1S/C15H21NO3/c1-11-8-13(5-6-14(11)15(17)18)16-7-3-4-12(9-16)10-19-2/h5-6,8,12H,3-4,7,9-10H2,1-2H3,(H,17,18). The van der Waals surface area contributed by atoms with E-state index in [1.165, 1.54) is 6.42 Å². The lowest BCUT2D eigenvalue weighted by Gasteiger charge is -2.34. The van der Waals surface area contributed by atoms with Crippen molar-refractivity contribution in [3.8, 4) is 0 Å². The van der Waals surface area contributed by atoms with Crippen molar-refractivity contribution in [2.75, 3.05) is 31.7 Å². The first-order valence-corrected chi connectivity index (χ1v) is 6.69. The quantitative estimate of drug-likeness (QED) is 0.907. The number of rotatable bonds is 4. The Bertz CT molecular complexity index is 457. The van der Waals surface area contributed by atoms with Crippen LogP contribution in [0.2, 0.25) is 0 Å². The van der Waals surface area contributed by atoms with Crippen molar-refractivity contribution in [1.29, 1.82) is 0 Å². The van der Waals surface area contributed by atoms with Crippen LogP contribution in [0, 0.1) is 12.8 Å². The van der Waals surface area contributed by atoms with Gasteiger partial charge in [-0.1, -0.05) is 0 Å². The molecule has 1 aliphatic heterocycles. The fraction of sp³-hybridized carbons (Fsp3) is 0.533. The first-order chi connectivity index (χ1) is 9.11. The Morgan fingerprint density at radius 1 is 1.53 bits per heavy atom. The number of hydrogen-bond acceptors (Lipinski definition) is 3. The van der Waals surface area contributed by atoms with Crippen molar-refractivity contribution in [2.24, 2.45) is 5.92 Å². The average molecular weight is 263 g/mol. The predicted molar refractivity (Wildman–Crippen MR) is 75.0 cm³/mol. The van der Waals surface area contributed by atoms with E-state index in [2.05, 4.69) is 4.90 Å². The molecule has 1 aliphatic rings. The van der Waals surface area contributed by atoms with Crippen molar-refractivity contribution in [1.82, 2.24) is 0 Å². The van der Waals surface area contributed by atoms with Crippen LogP contribution in [0.25, 0.3) is 0 Å². The first-order valence-electron chi connectivity index (χ1n) is 6.69. The van der Waals surface area contributed by atoms with Gasteiger partial charge in [0.25, 0.3) is 0 Å². The Hall–Kier alpha value is -1.55. The zero-order valence-electron chi connectivity index (χ0n) is 11.6. The van der Waals surface area contributed by atoms with Crippen molar-refractivity contribution in [3.63, 3.8) is 0 Å². The third kappa shape index (κ3) is 3.26. The van der Waals surface area contributed by atoms with Crippen LogP contribution in [0.3, 0.4) is 0 Å². The third-order valence-electron chi connectivity index (χ3n) is 3.73. The molecule has 104 valence electrons. The monoisotopic (exact) mass is 263 g/mol. The van der Waals surface area contributed by atoms with Crippen molar-refractivity contribution in [2.45, 2.75) is 19.8 Å². The van der Waals surface area contributed by atoms with E-state index in [0.29, 0.717) is 11.5 Å². The number of piperidine rings is 1. The summed E-state index contributed by atoms with van der Waals surface area (Å²) in [7, 11) is 1.74. The summed E-state index contributed by atoms with van der Waals surface area (Å²) in [6, 6.07) is 5.58. The summed E-state index contributed by atoms with van der Waals surface area (Å²) in [6.07, 6.45) is 2.37. The van der Waals surface area contributed by atoms with E-state index >= 15 is 0 Å². The summed E-state index contributed by atoms with van der Waals surface area (Å²) in [5.41, 5.74) is 2.32. The molecule has 0 aliphatic carbocycles. The van der Waals surface area contributed by atoms with Crippen LogP contribution in [-0.2, 0) is 4.74 Å². The highest BCUT2D eigenvalue weighted by Gasteiger charge is 2.20. The molecule has 1 heterocycles. The number of carboxylic acids is 1. The van der Waals surface area contributed by atoms with Crippen LogP contribution in [0.5, 0.6) is 0 Å². The van der Waals surface area contributed by atoms with Gasteiger partial charge in [0, 0.05) is 25.9 Å². The maximum absolute atomic E-state index is 11.0. The van der Waals surface area contributed by atoms with Crippen LogP contribution in [0.15, 0.2) is 18.2 Å². The van der Waals surface area contributed by atoms with Gasteiger partial charge in [-0.15, -0.1) is 0 Å². The Kier molecular flexibility index (Phi) is 4.43. The van der Waals surface area contributed by atoms with E-state index < -0.39 is 5.97 Å². The fourth-order valence-electron chi connectivity index (χ4n) is 2.76. The average Bonchev–Trinajstić information content (AvgIpc) is 2.39. The molecule has 1 unspecified atom stereocenters. The van der Waals surface area contributed by atoms with Crippen LogP contribution < -0.4 is 4.90 Å². The molecule has 1 saturated heterocycles. The zero-order chi connectivity index (χ0) is 13.8. The lowest BCUT2D eigenvalue weighted by atomic mass is 9.98. The zero-order valence-corrected chi connectivity index (χ0v) is 11.6. The molecule has 2 rings (SSSR count). The SMILES string of the molecule is COCC1CCCN(c2ccc(C(=O)O)c(C)c2)C1. The molecule has 0 amide bonds. The van der Waals surface area contributed by atoms with Crippen molar-refractivity contribution >= 4 is 11.7 Å². The van der Waals surface area contributed by atoms with Gasteiger partial charge < -0.3 is 14.7 Å². The maximum atomic E-state index is 11.0. The first kappa shape index (κ1) is 13.9. The van der Waals surface area contributed by atoms with Gasteiger partial charge in [-0.05, 0) is 49.4 Å². The largest absolute Gasteiger partial charge is 0.478 e.